The van der Waals surface area contributed by atoms with Crippen LogP contribution < -0.4 is 5.01 Å². The summed E-state index contributed by atoms with van der Waals surface area (Å²) in [6.07, 6.45) is 0. The van der Waals surface area contributed by atoms with Crippen LogP contribution in [0, 0.1) is 13.8 Å². The van der Waals surface area contributed by atoms with Gasteiger partial charge >= 0.3 is 0 Å². The van der Waals surface area contributed by atoms with Crippen LogP contribution in [0.2, 0.25) is 0 Å². The van der Waals surface area contributed by atoms with Crippen molar-refractivity contribution in [1.82, 2.24) is 9.55 Å². The van der Waals surface area contributed by atoms with Gasteiger partial charge in [-0.25, -0.2) is 4.98 Å². The highest BCUT2D eigenvalue weighted by Crippen LogP contribution is 2.40. The quantitative estimate of drug-likeness (QED) is 0.624. The number of aryl methyl sites for hydroxylation is 2. The van der Waals surface area contributed by atoms with Gasteiger partial charge < -0.3 is 0 Å². The van der Waals surface area contributed by atoms with E-state index < -0.39 is 0 Å². The van der Waals surface area contributed by atoms with E-state index in [1.165, 1.54) is 36.2 Å². The maximum Gasteiger partial charge on any atom is 0.245 e. The number of hydrogen-bond donors (Lipinski definition) is 0. The first-order valence-corrected chi connectivity index (χ1v) is 10.0. The highest BCUT2D eigenvalue weighted by atomic mass is 32.2. The van der Waals surface area contributed by atoms with Gasteiger partial charge in [-0.1, -0.05) is 42.5 Å². The van der Waals surface area contributed by atoms with Gasteiger partial charge in [0.1, 0.15) is 15.9 Å². The zero-order valence-electron chi connectivity index (χ0n) is 16.6. The van der Waals surface area contributed by atoms with Crippen molar-refractivity contribution in [3.05, 3.63) is 65.2 Å². The summed E-state index contributed by atoms with van der Waals surface area (Å²) in [5, 5.41) is 7.07. The molecule has 6 nitrogen and oxygen atoms in total. The standard InChI is InChI=1S/C22H20N4O2S/c1-13-10-11-18(12-14(13)2)21-24-26(16(4)28)20-22(29-21)25(15(3)27)19(23-20)17-8-6-5-7-9-17/h5-12H,1-4H3. The third kappa shape index (κ3) is 3.38. The molecule has 0 saturated heterocycles. The Bertz CT molecular complexity index is 1170. The van der Waals surface area contributed by atoms with Crippen molar-refractivity contribution in [2.24, 2.45) is 5.10 Å². The highest BCUT2D eigenvalue weighted by molar-refractivity contribution is 8.14. The molecule has 0 aliphatic carbocycles. The number of nitrogens with zero attached hydrogens (tertiary/aromatic N) is 4. The number of carbonyl (C=O) groups excluding carboxylic acids is 2. The number of aromatic nitrogens is 2. The van der Waals surface area contributed by atoms with Crippen LogP contribution in [0.1, 0.15) is 35.3 Å². The molecule has 1 amide bonds. The molecule has 0 atom stereocenters. The molecule has 0 N–H and O–H groups in total. The molecule has 4 rings (SSSR count). The predicted octanol–water partition coefficient (Wildman–Crippen LogP) is 4.65. The summed E-state index contributed by atoms with van der Waals surface area (Å²) in [5.41, 5.74) is 4.01. The fourth-order valence-corrected chi connectivity index (χ4v) is 4.24. The fourth-order valence-electron chi connectivity index (χ4n) is 3.16. The molecule has 2 heterocycles. The Morgan fingerprint density at radius 2 is 1.62 bits per heavy atom. The SMILES string of the molecule is CC(=O)N1N=C(c2ccc(C)c(C)c2)Sc2c1nc(-c1ccccc1)n2C(C)=O. The molecule has 0 saturated carbocycles. The number of hydrogen-bond acceptors (Lipinski definition) is 5. The van der Waals surface area contributed by atoms with Crippen molar-refractivity contribution in [1.29, 1.82) is 0 Å². The van der Waals surface area contributed by atoms with Crippen LogP contribution in [0.5, 0.6) is 0 Å². The van der Waals surface area contributed by atoms with E-state index in [1.807, 2.05) is 62.4 Å². The Morgan fingerprint density at radius 1 is 0.897 bits per heavy atom. The van der Waals surface area contributed by atoms with Crippen molar-refractivity contribution in [3.63, 3.8) is 0 Å². The van der Waals surface area contributed by atoms with Crippen LogP contribution >= 0.6 is 11.8 Å². The van der Waals surface area contributed by atoms with Gasteiger partial charge in [-0.05, 0) is 42.8 Å². The average Bonchev–Trinajstić information content (AvgIpc) is 3.09. The molecule has 0 radical (unpaired) electrons. The molecule has 146 valence electrons. The number of imidazole rings is 1. The largest absolute Gasteiger partial charge is 0.274 e. The Labute approximate surface area is 173 Å². The van der Waals surface area contributed by atoms with E-state index in [2.05, 4.69) is 10.1 Å². The third-order valence-electron chi connectivity index (χ3n) is 4.80. The van der Waals surface area contributed by atoms with E-state index >= 15 is 0 Å². The van der Waals surface area contributed by atoms with Gasteiger partial charge in [0.25, 0.3) is 0 Å². The summed E-state index contributed by atoms with van der Waals surface area (Å²) in [7, 11) is 0. The second-order valence-corrected chi connectivity index (χ2v) is 7.90. The fraction of sp³-hybridized carbons (Fsp3) is 0.182. The lowest BCUT2D eigenvalue weighted by Gasteiger charge is -2.22. The van der Waals surface area contributed by atoms with E-state index in [0.29, 0.717) is 21.7 Å². The monoisotopic (exact) mass is 404 g/mol. The molecule has 3 aromatic rings. The van der Waals surface area contributed by atoms with Crippen molar-refractivity contribution in [2.75, 3.05) is 5.01 Å². The third-order valence-corrected chi connectivity index (χ3v) is 5.87. The summed E-state index contributed by atoms with van der Waals surface area (Å²) < 4.78 is 1.56. The molecule has 7 heteroatoms. The van der Waals surface area contributed by atoms with E-state index in [9.17, 15) is 9.59 Å². The van der Waals surface area contributed by atoms with Crippen LogP contribution in [-0.4, -0.2) is 26.4 Å². The number of hydrazone groups is 1. The predicted molar refractivity (Wildman–Crippen MR) is 115 cm³/mol. The smallest absolute Gasteiger partial charge is 0.245 e. The molecule has 0 fully saturated rings. The number of anilines is 1. The van der Waals surface area contributed by atoms with Gasteiger partial charge in [0.15, 0.2) is 5.82 Å². The summed E-state index contributed by atoms with van der Waals surface area (Å²) in [6.45, 7) is 7.02. The van der Waals surface area contributed by atoms with E-state index in [4.69, 9.17) is 0 Å². The number of rotatable bonds is 2. The first-order valence-electron chi connectivity index (χ1n) is 9.20. The molecule has 1 aromatic heterocycles. The first kappa shape index (κ1) is 19.1. The van der Waals surface area contributed by atoms with Gasteiger partial charge in [-0.15, -0.1) is 0 Å². The number of fused-ring (bicyclic) bond motifs is 1. The average molecular weight is 404 g/mol. The second-order valence-electron chi connectivity index (χ2n) is 6.92. The second kappa shape index (κ2) is 7.33. The van der Waals surface area contributed by atoms with Crippen molar-refractivity contribution in [3.8, 4) is 11.4 Å². The van der Waals surface area contributed by atoms with Crippen molar-refractivity contribution >= 4 is 34.4 Å². The van der Waals surface area contributed by atoms with Gasteiger partial charge in [0.2, 0.25) is 11.8 Å². The lowest BCUT2D eigenvalue weighted by Crippen LogP contribution is -2.28. The van der Waals surface area contributed by atoms with E-state index in [1.54, 1.807) is 4.57 Å². The van der Waals surface area contributed by atoms with Crippen molar-refractivity contribution < 1.29 is 9.59 Å². The summed E-state index contributed by atoms with van der Waals surface area (Å²) in [5.74, 6) is 0.443. The topological polar surface area (TPSA) is 67.6 Å². The van der Waals surface area contributed by atoms with Gasteiger partial charge in [-0.2, -0.15) is 10.1 Å². The van der Waals surface area contributed by atoms with E-state index in [-0.39, 0.29) is 11.8 Å². The first-order chi connectivity index (χ1) is 13.9. The van der Waals surface area contributed by atoms with Gasteiger partial charge in [0, 0.05) is 25.0 Å². The Kier molecular flexibility index (Phi) is 4.84. The maximum atomic E-state index is 12.6. The summed E-state index contributed by atoms with van der Waals surface area (Å²) in [6, 6.07) is 15.5. The molecule has 0 bridgehead atoms. The highest BCUT2D eigenvalue weighted by Gasteiger charge is 2.32. The van der Waals surface area contributed by atoms with Crippen LogP contribution in [-0.2, 0) is 4.79 Å². The zero-order chi connectivity index (χ0) is 20.7. The molecule has 2 aromatic carbocycles. The van der Waals surface area contributed by atoms with Crippen LogP contribution in [0.15, 0.2) is 58.7 Å². The number of benzene rings is 2. The lowest BCUT2D eigenvalue weighted by molar-refractivity contribution is -0.116. The van der Waals surface area contributed by atoms with Crippen LogP contribution in [0.4, 0.5) is 5.82 Å². The lowest BCUT2D eigenvalue weighted by atomic mass is 10.1. The van der Waals surface area contributed by atoms with Crippen molar-refractivity contribution in [2.45, 2.75) is 32.7 Å². The molecule has 1 aliphatic rings. The minimum atomic E-state index is -0.263. The molecular formula is C22H20N4O2S. The Hall–Kier alpha value is -3.19. The van der Waals surface area contributed by atoms with Crippen LogP contribution in [0.25, 0.3) is 11.4 Å². The summed E-state index contributed by atoms with van der Waals surface area (Å²) >= 11 is 1.35. The van der Waals surface area contributed by atoms with Gasteiger partial charge in [-0.3, -0.25) is 14.2 Å². The maximum absolute atomic E-state index is 12.6. The molecule has 0 spiro atoms. The Balaban J connectivity index is 1.90. The normalized spacial score (nSPS) is 13.1. The molecule has 0 unspecified atom stereocenters. The molecule has 29 heavy (non-hydrogen) atoms. The number of amides is 1. The summed E-state index contributed by atoms with van der Waals surface area (Å²) in [4.78, 5) is 29.5. The number of carbonyl (C=O) groups is 2. The molecular weight excluding hydrogens is 384 g/mol. The zero-order valence-corrected chi connectivity index (χ0v) is 17.4. The molecule has 1 aliphatic heterocycles. The minimum Gasteiger partial charge on any atom is -0.274 e. The Morgan fingerprint density at radius 3 is 2.24 bits per heavy atom. The minimum absolute atomic E-state index is 0.171. The van der Waals surface area contributed by atoms with Crippen LogP contribution in [0.3, 0.4) is 0 Å². The van der Waals surface area contributed by atoms with Gasteiger partial charge in [0.05, 0.1) is 0 Å². The van der Waals surface area contributed by atoms with E-state index in [0.717, 1.165) is 16.7 Å². The number of thioether (sulfide) groups is 1.